The summed E-state index contributed by atoms with van der Waals surface area (Å²) in [4.78, 5) is 24.5. The van der Waals surface area contributed by atoms with Crippen LogP contribution in [0.1, 0.15) is 15.2 Å². The number of thiophene rings is 1. The Labute approximate surface area is 148 Å². The molecule has 1 amide bonds. The molecular weight excluding hydrogens is 368 g/mol. The molecule has 1 heterocycles. The highest BCUT2D eigenvalue weighted by atomic mass is 32.2. The highest BCUT2D eigenvalue weighted by Gasteiger charge is 2.16. The molecule has 1 aromatic heterocycles. The fourth-order valence-electron chi connectivity index (χ4n) is 1.85. The van der Waals surface area contributed by atoms with Crippen molar-refractivity contribution in [2.75, 3.05) is 16.8 Å². The van der Waals surface area contributed by atoms with E-state index in [0.717, 1.165) is 11.3 Å². The summed E-state index contributed by atoms with van der Waals surface area (Å²) in [7, 11) is -3.78. The molecular formula is C15H16N2O4S3. The maximum atomic E-state index is 11.9. The summed E-state index contributed by atoms with van der Waals surface area (Å²) in [5.74, 6) is -0.0551. The summed E-state index contributed by atoms with van der Waals surface area (Å²) in [5.41, 5.74) is 1.03. The van der Waals surface area contributed by atoms with Gasteiger partial charge in [-0.3, -0.25) is 9.59 Å². The normalized spacial score (nSPS) is 11.2. The van der Waals surface area contributed by atoms with Crippen LogP contribution in [0.25, 0.3) is 0 Å². The molecule has 9 heteroatoms. The third-order valence-electron chi connectivity index (χ3n) is 3.01. The van der Waals surface area contributed by atoms with Gasteiger partial charge in [0, 0.05) is 10.4 Å². The van der Waals surface area contributed by atoms with Gasteiger partial charge < -0.3 is 5.32 Å². The van der Waals surface area contributed by atoms with Gasteiger partial charge in [0.05, 0.1) is 17.2 Å². The fourth-order valence-corrected chi connectivity index (χ4v) is 4.38. The zero-order valence-corrected chi connectivity index (χ0v) is 15.3. The molecule has 0 spiro atoms. The van der Waals surface area contributed by atoms with Crippen molar-refractivity contribution in [3.63, 3.8) is 0 Å². The van der Waals surface area contributed by atoms with Crippen LogP contribution in [0, 0.1) is 6.92 Å². The molecule has 1 aromatic carbocycles. The van der Waals surface area contributed by atoms with E-state index < -0.39 is 10.0 Å². The van der Waals surface area contributed by atoms with Crippen molar-refractivity contribution in [2.45, 2.75) is 11.1 Å². The van der Waals surface area contributed by atoms with E-state index >= 15 is 0 Å². The van der Waals surface area contributed by atoms with E-state index in [0.29, 0.717) is 16.1 Å². The summed E-state index contributed by atoms with van der Waals surface area (Å²) < 4.78 is 22.6. The summed E-state index contributed by atoms with van der Waals surface area (Å²) in [6, 6.07) is 10.2. The smallest absolute Gasteiger partial charge is 0.247 e. The molecule has 0 unspecified atom stereocenters. The molecule has 0 atom stereocenters. The lowest BCUT2D eigenvalue weighted by atomic mass is 10.2. The highest BCUT2D eigenvalue weighted by molar-refractivity contribution is 8.00. The van der Waals surface area contributed by atoms with Crippen LogP contribution in [-0.2, 0) is 14.8 Å². The second-order valence-corrected chi connectivity index (χ2v) is 8.94. The van der Waals surface area contributed by atoms with Gasteiger partial charge in [0.2, 0.25) is 15.9 Å². The zero-order chi connectivity index (χ0) is 17.7. The number of rotatable bonds is 7. The summed E-state index contributed by atoms with van der Waals surface area (Å²) in [6.07, 6.45) is 0. The van der Waals surface area contributed by atoms with E-state index in [1.165, 1.54) is 17.8 Å². The second kappa shape index (κ2) is 7.93. The standard InChI is InChI=1S/C15H16N2O4S3/c1-10-12(7-15(23-10)24(16,20)21)17-14(19)9-22-8-13(18)11-5-3-2-4-6-11/h2-7H,8-9H2,1H3,(H,17,19)(H2,16,20,21). The molecule has 0 aliphatic rings. The first-order chi connectivity index (χ1) is 11.3. The Morgan fingerprint density at radius 3 is 2.46 bits per heavy atom. The third kappa shape index (κ3) is 5.17. The van der Waals surface area contributed by atoms with Crippen LogP contribution in [0.5, 0.6) is 0 Å². The van der Waals surface area contributed by atoms with Gasteiger partial charge in [0.25, 0.3) is 0 Å². The molecule has 2 rings (SSSR count). The van der Waals surface area contributed by atoms with Gasteiger partial charge in [-0.1, -0.05) is 30.3 Å². The Balaban J connectivity index is 1.86. The lowest BCUT2D eigenvalue weighted by Gasteiger charge is -2.04. The number of Topliss-reactive ketones (excluding diaryl/α,β-unsaturated/α-hetero) is 1. The molecule has 6 nitrogen and oxygen atoms in total. The highest BCUT2D eigenvalue weighted by Crippen LogP contribution is 2.29. The van der Waals surface area contributed by atoms with Crippen LogP contribution in [0.3, 0.4) is 0 Å². The Bertz CT molecular complexity index is 845. The molecule has 3 N–H and O–H groups in total. The monoisotopic (exact) mass is 384 g/mol. The molecule has 0 aliphatic heterocycles. The number of ketones is 1. The van der Waals surface area contributed by atoms with E-state index in [4.69, 9.17) is 5.14 Å². The number of benzene rings is 1. The minimum absolute atomic E-state index is 0.00204. The second-order valence-electron chi connectivity index (χ2n) is 4.91. The van der Waals surface area contributed by atoms with E-state index in [1.807, 2.05) is 6.07 Å². The summed E-state index contributed by atoms with van der Waals surface area (Å²) in [5, 5.41) is 7.70. The van der Waals surface area contributed by atoms with Crippen LogP contribution in [0.2, 0.25) is 0 Å². The number of sulfonamides is 1. The third-order valence-corrected chi connectivity index (χ3v) is 6.42. The molecule has 0 fully saturated rings. The van der Waals surface area contributed by atoms with Crippen molar-refractivity contribution in [3.8, 4) is 0 Å². The van der Waals surface area contributed by atoms with Gasteiger partial charge in [0.1, 0.15) is 4.21 Å². The first kappa shape index (κ1) is 18.7. The maximum Gasteiger partial charge on any atom is 0.247 e. The minimum Gasteiger partial charge on any atom is -0.324 e. The van der Waals surface area contributed by atoms with Gasteiger partial charge in [-0.05, 0) is 13.0 Å². The maximum absolute atomic E-state index is 11.9. The summed E-state index contributed by atoms with van der Waals surface area (Å²) in [6.45, 7) is 1.70. The van der Waals surface area contributed by atoms with E-state index in [9.17, 15) is 18.0 Å². The number of nitrogens with two attached hydrogens (primary N) is 1. The zero-order valence-electron chi connectivity index (χ0n) is 12.8. The molecule has 0 bridgehead atoms. The molecule has 2 aromatic rings. The average molecular weight is 385 g/mol. The number of anilines is 1. The number of aryl methyl sites for hydroxylation is 1. The summed E-state index contributed by atoms with van der Waals surface area (Å²) >= 11 is 2.20. The molecule has 24 heavy (non-hydrogen) atoms. The number of hydrogen-bond acceptors (Lipinski definition) is 6. The number of thioether (sulfide) groups is 1. The number of carbonyl (C=O) groups is 2. The molecule has 0 saturated carbocycles. The van der Waals surface area contributed by atoms with Crippen LogP contribution in [0.15, 0.2) is 40.6 Å². The molecule has 0 saturated heterocycles. The fraction of sp³-hybridized carbons (Fsp3) is 0.200. The lowest BCUT2D eigenvalue weighted by molar-refractivity contribution is -0.113. The van der Waals surface area contributed by atoms with Gasteiger partial charge in [-0.15, -0.1) is 23.1 Å². The predicted molar refractivity (Wildman–Crippen MR) is 97.2 cm³/mol. The SMILES string of the molecule is Cc1sc(S(N)(=O)=O)cc1NC(=O)CSCC(=O)c1ccccc1. The molecule has 0 aliphatic carbocycles. The van der Waals surface area contributed by atoms with Crippen molar-refractivity contribution >= 4 is 50.5 Å². The van der Waals surface area contributed by atoms with Crippen LogP contribution in [-0.4, -0.2) is 31.6 Å². The van der Waals surface area contributed by atoms with Crippen LogP contribution < -0.4 is 10.5 Å². The first-order valence-corrected chi connectivity index (χ1v) is 10.4. The largest absolute Gasteiger partial charge is 0.324 e. The van der Waals surface area contributed by atoms with Crippen molar-refractivity contribution < 1.29 is 18.0 Å². The first-order valence-electron chi connectivity index (χ1n) is 6.86. The Morgan fingerprint density at radius 2 is 1.88 bits per heavy atom. The van der Waals surface area contributed by atoms with Crippen molar-refractivity contribution in [1.29, 1.82) is 0 Å². The number of carbonyl (C=O) groups excluding carboxylic acids is 2. The van der Waals surface area contributed by atoms with Crippen molar-refractivity contribution in [2.24, 2.45) is 5.14 Å². The Kier molecular flexibility index (Phi) is 6.16. The van der Waals surface area contributed by atoms with E-state index in [-0.39, 0.29) is 27.4 Å². The minimum atomic E-state index is -3.78. The van der Waals surface area contributed by atoms with Crippen LogP contribution in [0.4, 0.5) is 5.69 Å². The quantitative estimate of drug-likeness (QED) is 0.712. The van der Waals surface area contributed by atoms with E-state index in [1.54, 1.807) is 31.2 Å². The van der Waals surface area contributed by atoms with Gasteiger partial charge >= 0.3 is 0 Å². The predicted octanol–water partition coefficient (Wildman–Crippen LogP) is 2.26. The molecule has 128 valence electrons. The van der Waals surface area contributed by atoms with Gasteiger partial charge in [-0.25, -0.2) is 13.6 Å². The molecule has 0 radical (unpaired) electrons. The van der Waals surface area contributed by atoms with Crippen molar-refractivity contribution in [1.82, 2.24) is 0 Å². The number of nitrogens with one attached hydrogen (secondary N) is 1. The number of hydrogen-bond donors (Lipinski definition) is 2. The lowest BCUT2D eigenvalue weighted by Crippen LogP contribution is -2.16. The van der Waals surface area contributed by atoms with Crippen LogP contribution >= 0.6 is 23.1 Å². The average Bonchev–Trinajstić information content (AvgIpc) is 2.89. The van der Waals surface area contributed by atoms with E-state index in [2.05, 4.69) is 5.32 Å². The van der Waals surface area contributed by atoms with Gasteiger partial charge in [-0.2, -0.15) is 0 Å². The van der Waals surface area contributed by atoms with Gasteiger partial charge in [0.15, 0.2) is 5.78 Å². The number of amides is 1. The van der Waals surface area contributed by atoms with Crippen molar-refractivity contribution in [3.05, 3.63) is 46.8 Å². The topological polar surface area (TPSA) is 106 Å². The Morgan fingerprint density at radius 1 is 1.21 bits per heavy atom. The number of primary sulfonamides is 1. The Hall–Kier alpha value is -1.68.